The first kappa shape index (κ1) is 14.6. The van der Waals surface area contributed by atoms with E-state index in [1.807, 2.05) is 25.1 Å². The van der Waals surface area contributed by atoms with E-state index in [1.54, 1.807) is 0 Å². The van der Waals surface area contributed by atoms with E-state index in [0.29, 0.717) is 6.61 Å². The summed E-state index contributed by atoms with van der Waals surface area (Å²) in [6, 6.07) is 16.7. The molecule has 0 saturated carbocycles. The monoisotopic (exact) mass is 269 g/mol. The molecule has 0 aliphatic rings. The van der Waals surface area contributed by atoms with E-state index in [-0.39, 0.29) is 6.04 Å². The Morgan fingerprint density at radius 2 is 1.90 bits per heavy atom. The predicted octanol–water partition coefficient (Wildman–Crippen LogP) is 4.03. The Morgan fingerprint density at radius 3 is 2.65 bits per heavy atom. The molecule has 0 saturated heterocycles. The predicted molar refractivity (Wildman–Crippen MR) is 84.0 cm³/mol. The third-order valence-corrected chi connectivity index (χ3v) is 3.44. The van der Waals surface area contributed by atoms with E-state index in [0.717, 1.165) is 24.2 Å². The summed E-state index contributed by atoms with van der Waals surface area (Å²) in [5, 5.41) is 0. The lowest BCUT2D eigenvalue weighted by atomic mass is 9.98. The molecule has 2 N–H and O–H groups in total. The van der Waals surface area contributed by atoms with Crippen molar-refractivity contribution in [3.8, 4) is 5.75 Å². The maximum Gasteiger partial charge on any atom is 0.124 e. The van der Waals surface area contributed by atoms with Crippen LogP contribution in [0.3, 0.4) is 0 Å². The summed E-state index contributed by atoms with van der Waals surface area (Å²) in [4.78, 5) is 0. The van der Waals surface area contributed by atoms with Crippen LogP contribution in [0.25, 0.3) is 0 Å². The van der Waals surface area contributed by atoms with Gasteiger partial charge in [-0.2, -0.15) is 0 Å². The van der Waals surface area contributed by atoms with E-state index in [1.165, 1.54) is 11.1 Å². The van der Waals surface area contributed by atoms with Gasteiger partial charge in [0.05, 0.1) is 6.61 Å². The molecule has 0 aliphatic heterocycles. The van der Waals surface area contributed by atoms with Crippen molar-refractivity contribution >= 4 is 0 Å². The van der Waals surface area contributed by atoms with Gasteiger partial charge >= 0.3 is 0 Å². The maximum absolute atomic E-state index is 6.33. The molecule has 0 spiro atoms. The van der Waals surface area contributed by atoms with Crippen LogP contribution in [0.1, 0.15) is 36.1 Å². The average Bonchev–Trinajstić information content (AvgIpc) is 2.46. The van der Waals surface area contributed by atoms with Gasteiger partial charge in [0, 0.05) is 11.6 Å². The summed E-state index contributed by atoms with van der Waals surface area (Å²) in [6.45, 7) is 4.78. The van der Waals surface area contributed by atoms with Crippen LogP contribution in [-0.2, 0) is 6.42 Å². The number of ether oxygens (including phenoxy) is 1. The van der Waals surface area contributed by atoms with E-state index in [9.17, 15) is 0 Å². The summed E-state index contributed by atoms with van der Waals surface area (Å²) in [5.74, 6) is 0.909. The number of hydrogen-bond acceptors (Lipinski definition) is 2. The van der Waals surface area contributed by atoms with E-state index < -0.39 is 0 Å². The molecule has 2 heteroatoms. The van der Waals surface area contributed by atoms with Gasteiger partial charge in [0.15, 0.2) is 0 Å². The lowest BCUT2D eigenvalue weighted by Crippen LogP contribution is -2.13. The van der Waals surface area contributed by atoms with Gasteiger partial charge in [-0.25, -0.2) is 0 Å². The number of nitrogens with two attached hydrogens (primary N) is 1. The van der Waals surface area contributed by atoms with Crippen molar-refractivity contribution in [2.45, 2.75) is 32.7 Å². The molecule has 1 unspecified atom stereocenters. The van der Waals surface area contributed by atoms with Crippen molar-refractivity contribution in [1.82, 2.24) is 0 Å². The molecule has 0 fully saturated rings. The van der Waals surface area contributed by atoms with Crippen LogP contribution >= 0.6 is 0 Å². The summed E-state index contributed by atoms with van der Waals surface area (Å²) in [5.41, 5.74) is 10.1. The molecule has 2 nitrogen and oxygen atoms in total. The minimum absolute atomic E-state index is 0.0123. The zero-order chi connectivity index (χ0) is 14.4. The maximum atomic E-state index is 6.33. The van der Waals surface area contributed by atoms with Crippen LogP contribution in [0.2, 0.25) is 0 Å². The molecule has 0 heterocycles. The Morgan fingerprint density at radius 1 is 1.10 bits per heavy atom. The second-order valence-electron chi connectivity index (χ2n) is 5.11. The van der Waals surface area contributed by atoms with Crippen molar-refractivity contribution in [1.29, 1.82) is 0 Å². The highest BCUT2D eigenvalue weighted by molar-refractivity contribution is 5.36. The zero-order valence-corrected chi connectivity index (χ0v) is 12.3. The first-order chi connectivity index (χ1) is 9.70. The van der Waals surface area contributed by atoms with Gasteiger partial charge in [-0.05, 0) is 38.3 Å². The number of para-hydroxylation sites is 1. The van der Waals surface area contributed by atoms with E-state index >= 15 is 0 Å². The standard InChI is InChI=1S/C18H23NO/c1-3-20-18-10-5-4-9-16(18)17(19)12-11-15-8-6-7-14(2)13-15/h4-10,13,17H,3,11-12,19H2,1-2H3. The molecule has 0 radical (unpaired) electrons. The van der Waals surface area contributed by atoms with Crippen LogP contribution in [0.4, 0.5) is 0 Å². The molecule has 20 heavy (non-hydrogen) atoms. The lowest BCUT2D eigenvalue weighted by molar-refractivity contribution is 0.333. The topological polar surface area (TPSA) is 35.2 Å². The third kappa shape index (κ3) is 3.84. The Kier molecular flexibility index (Phi) is 5.19. The fourth-order valence-corrected chi connectivity index (χ4v) is 2.42. The van der Waals surface area contributed by atoms with Crippen molar-refractivity contribution in [3.05, 3.63) is 65.2 Å². The first-order valence-electron chi connectivity index (χ1n) is 7.23. The Labute approximate surface area is 121 Å². The van der Waals surface area contributed by atoms with E-state index in [2.05, 4.69) is 37.3 Å². The molecule has 0 aromatic heterocycles. The lowest BCUT2D eigenvalue weighted by Gasteiger charge is -2.16. The smallest absolute Gasteiger partial charge is 0.124 e. The van der Waals surface area contributed by atoms with Gasteiger partial charge < -0.3 is 10.5 Å². The molecule has 106 valence electrons. The normalized spacial score (nSPS) is 12.2. The summed E-state index contributed by atoms with van der Waals surface area (Å²) in [6.07, 6.45) is 1.91. The van der Waals surface area contributed by atoms with Gasteiger partial charge in [0.25, 0.3) is 0 Å². The van der Waals surface area contributed by atoms with Crippen LogP contribution in [0, 0.1) is 6.92 Å². The summed E-state index contributed by atoms with van der Waals surface area (Å²) >= 11 is 0. The number of hydrogen-bond donors (Lipinski definition) is 1. The fourth-order valence-electron chi connectivity index (χ4n) is 2.42. The average molecular weight is 269 g/mol. The quantitative estimate of drug-likeness (QED) is 0.859. The third-order valence-electron chi connectivity index (χ3n) is 3.44. The second kappa shape index (κ2) is 7.11. The van der Waals surface area contributed by atoms with Crippen molar-refractivity contribution in [2.75, 3.05) is 6.61 Å². The van der Waals surface area contributed by atoms with Crippen molar-refractivity contribution in [2.24, 2.45) is 5.73 Å². The highest BCUT2D eigenvalue weighted by Gasteiger charge is 2.11. The number of rotatable bonds is 6. The Balaban J connectivity index is 2.03. The molecular weight excluding hydrogens is 246 g/mol. The minimum atomic E-state index is 0.0123. The number of benzene rings is 2. The largest absolute Gasteiger partial charge is 0.494 e. The van der Waals surface area contributed by atoms with Gasteiger partial charge in [-0.15, -0.1) is 0 Å². The molecule has 0 bridgehead atoms. The van der Waals surface area contributed by atoms with Gasteiger partial charge in [0.2, 0.25) is 0 Å². The SMILES string of the molecule is CCOc1ccccc1C(N)CCc1cccc(C)c1. The second-order valence-corrected chi connectivity index (χ2v) is 5.11. The highest BCUT2D eigenvalue weighted by Crippen LogP contribution is 2.26. The van der Waals surface area contributed by atoms with Crippen LogP contribution in [-0.4, -0.2) is 6.61 Å². The molecule has 1 atom stereocenters. The van der Waals surface area contributed by atoms with Crippen LogP contribution in [0.5, 0.6) is 5.75 Å². The summed E-state index contributed by atoms with van der Waals surface area (Å²) < 4.78 is 5.65. The van der Waals surface area contributed by atoms with Crippen LogP contribution in [0.15, 0.2) is 48.5 Å². The molecule has 0 amide bonds. The zero-order valence-electron chi connectivity index (χ0n) is 12.3. The van der Waals surface area contributed by atoms with Crippen molar-refractivity contribution < 1.29 is 4.74 Å². The number of aryl methyl sites for hydroxylation is 2. The highest BCUT2D eigenvalue weighted by atomic mass is 16.5. The van der Waals surface area contributed by atoms with Gasteiger partial charge in [0.1, 0.15) is 5.75 Å². The molecule has 2 aromatic rings. The Hall–Kier alpha value is -1.80. The van der Waals surface area contributed by atoms with E-state index in [4.69, 9.17) is 10.5 Å². The molecule has 2 rings (SSSR count). The minimum Gasteiger partial charge on any atom is -0.494 e. The molecular formula is C18H23NO. The summed E-state index contributed by atoms with van der Waals surface area (Å²) in [7, 11) is 0. The molecule has 2 aromatic carbocycles. The van der Waals surface area contributed by atoms with Gasteiger partial charge in [-0.1, -0.05) is 48.0 Å². The Bertz CT molecular complexity index is 551. The van der Waals surface area contributed by atoms with Gasteiger partial charge in [-0.3, -0.25) is 0 Å². The molecule has 0 aliphatic carbocycles. The van der Waals surface area contributed by atoms with Crippen LogP contribution < -0.4 is 10.5 Å². The van der Waals surface area contributed by atoms with Crippen molar-refractivity contribution in [3.63, 3.8) is 0 Å². The first-order valence-corrected chi connectivity index (χ1v) is 7.23. The fraction of sp³-hybridized carbons (Fsp3) is 0.333.